The van der Waals surface area contributed by atoms with E-state index in [4.69, 9.17) is 0 Å². The molecule has 1 nitrogen and oxygen atoms in total. The lowest BCUT2D eigenvalue weighted by atomic mass is 9.78. The van der Waals surface area contributed by atoms with Crippen LogP contribution in [0.4, 0.5) is 4.39 Å². The zero-order valence-electron chi connectivity index (χ0n) is 6.79. The van der Waals surface area contributed by atoms with Crippen molar-refractivity contribution in [2.75, 3.05) is 0 Å². The molecule has 12 heavy (non-hydrogen) atoms. The molecule has 0 bridgehead atoms. The molecule has 0 aliphatic heterocycles. The number of halogens is 1. The minimum atomic E-state index is -1.24. The second-order valence-electron chi connectivity index (χ2n) is 3.39. The summed E-state index contributed by atoms with van der Waals surface area (Å²) in [5, 5.41) is 0. The fraction of sp³-hybridized carbons (Fsp3) is 0.500. The maximum absolute atomic E-state index is 12.9. The smallest absolute Gasteiger partial charge is 0.193 e. The number of carbonyl (C=O) groups is 1. The Morgan fingerprint density at radius 2 is 2.25 bits per heavy atom. The lowest BCUT2D eigenvalue weighted by molar-refractivity contribution is -0.122. The lowest BCUT2D eigenvalue weighted by Crippen LogP contribution is -2.29. The van der Waals surface area contributed by atoms with Crippen LogP contribution in [0.15, 0.2) is 23.8 Å². The first-order valence-corrected chi connectivity index (χ1v) is 4.34. The van der Waals surface area contributed by atoms with Gasteiger partial charge in [0.05, 0.1) is 0 Å². The van der Waals surface area contributed by atoms with Crippen LogP contribution in [0.5, 0.6) is 0 Å². The van der Waals surface area contributed by atoms with Gasteiger partial charge in [0.1, 0.15) is 0 Å². The first kappa shape index (κ1) is 7.71. The molecule has 1 saturated carbocycles. The maximum atomic E-state index is 12.9. The topological polar surface area (TPSA) is 17.1 Å². The van der Waals surface area contributed by atoms with E-state index in [-0.39, 0.29) is 5.78 Å². The molecular formula is C10H11FO. The summed E-state index contributed by atoms with van der Waals surface area (Å²) in [5.41, 5.74) is 0.705. The lowest BCUT2D eigenvalue weighted by Gasteiger charge is -2.26. The molecule has 2 aliphatic rings. The minimum Gasteiger partial charge on any atom is -0.291 e. The number of fused-ring (bicyclic) bond motifs is 1. The average Bonchev–Trinajstić information content (AvgIpc) is 2.12. The molecule has 0 aromatic rings. The van der Waals surface area contributed by atoms with Crippen LogP contribution < -0.4 is 0 Å². The molecule has 0 aromatic carbocycles. The van der Waals surface area contributed by atoms with Crippen LogP contribution in [0.3, 0.4) is 0 Å². The van der Waals surface area contributed by atoms with Gasteiger partial charge in [-0.25, -0.2) is 4.39 Å². The quantitative estimate of drug-likeness (QED) is 0.539. The van der Waals surface area contributed by atoms with Gasteiger partial charge in [-0.3, -0.25) is 4.79 Å². The van der Waals surface area contributed by atoms with Gasteiger partial charge in [0.25, 0.3) is 0 Å². The van der Waals surface area contributed by atoms with Crippen molar-refractivity contribution in [3.63, 3.8) is 0 Å². The zero-order chi connectivity index (χ0) is 8.55. The van der Waals surface area contributed by atoms with Crippen molar-refractivity contribution < 1.29 is 9.18 Å². The minimum absolute atomic E-state index is 0.282. The fourth-order valence-electron chi connectivity index (χ4n) is 1.89. The number of rotatable bonds is 0. The molecule has 64 valence electrons. The van der Waals surface area contributed by atoms with Gasteiger partial charge in [0.2, 0.25) is 0 Å². The molecule has 2 rings (SSSR count). The Balaban J connectivity index is 2.27. The molecule has 0 radical (unpaired) electrons. The number of hydrogen-bond donors (Lipinski definition) is 0. The van der Waals surface area contributed by atoms with Gasteiger partial charge in [0, 0.05) is 5.57 Å². The third-order valence-electron chi connectivity index (χ3n) is 2.61. The zero-order valence-corrected chi connectivity index (χ0v) is 6.79. The molecule has 2 aliphatic carbocycles. The Morgan fingerprint density at radius 3 is 3.08 bits per heavy atom. The normalized spacial score (nSPS) is 34.4. The van der Waals surface area contributed by atoms with Crippen LogP contribution in [-0.4, -0.2) is 12.0 Å². The molecule has 2 atom stereocenters. The van der Waals surface area contributed by atoms with Crippen LogP contribution in [0.2, 0.25) is 0 Å². The molecule has 0 saturated heterocycles. The SMILES string of the molecule is O=C1C2=CC=CCC2CCC1F. The predicted octanol–water partition coefficient (Wildman–Crippen LogP) is 2.19. The fourth-order valence-corrected chi connectivity index (χ4v) is 1.89. The largest absolute Gasteiger partial charge is 0.291 e. The van der Waals surface area contributed by atoms with E-state index in [1.165, 1.54) is 0 Å². The summed E-state index contributed by atoms with van der Waals surface area (Å²) in [6, 6.07) is 0. The highest BCUT2D eigenvalue weighted by atomic mass is 19.1. The standard InChI is InChI=1S/C10H11FO/c11-9-6-5-7-3-1-2-4-8(7)10(9)12/h1-2,4,7,9H,3,5-6H2. The van der Waals surface area contributed by atoms with Crippen molar-refractivity contribution in [2.45, 2.75) is 25.4 Å². The highest BCUT2D eigenvalue weighted by molar-refractivity contribution is 6.00. The Bertz CT molecular complexity index is 265. The highest BCUT2D eigenvalue weighted by Gasteiger charge is 2.32. The Kier molecular flexibility index (Phi) is 1.83. The molecule has 0 heterocycles. The number of alkyl halides is 1. The van der Waals surface area contributed by atoms with Crippen molar-refractivity contribution >= 4 is 5.78 Å². The second-order valence-corrected chi connectivity index (χ2v) is 3.39. The molecule has 0 amide bonds. The van der Waals surface area contributed by atoms with E-state index < -0.39 is 6.17 Å². The van der Waals surface area contributed by atoms with E-state index >= 15 is 0 Å². The number of Topliss-reactive ketones (excluding diaryl/α,β-unsaturated/α-hetero) is 1. The number of allylic oxidation sites excluding steroid dienone is 4. The number of hydrogen-bond acceptors (Lipinski definition) is 1. The molecule has 2 unspecified atom stereocenters. The average molecular weight is 166 g/mol. The van der Waals surface area contributed by atoms with Gasteiger partial charge >= 0.3 is 0 Å². The monoisotopic (exact) mass is 166 g/mol. The number of ketones is 1. The Labute approximate surface area is 71.0 Å². The van der Waals surface area contributed by atoms with Crippen molar-refractivity contribution in [1.29, 1.82) is 0 Å². The molecule has 0 spiro atoms. The van der Waals surface area contributed by atoms with E-state index in [9.17, 15) is 9.18 Å². The van der Waals surface area contributed by atoms with Crippen molar-refractivity contribution in [1.82, 2.24) is 0 Å². The van der Waals surface area contributed by atoms with Crippen LogP contribution in [0, 0.1) is 5.92 Å². The van der Waals surface area contributed by atoms with Gasteiger partial charge in [-0.2, -0.15) is 0 Å². The highest BCUT2D eigenvalue weighted by Crippen LogP contribution is 2.33. The molecule has 1 fully saturated rings. The van der Waals surface area contributed by atoms with E-state index in [0.717, 1.165) is 12.8 Å². The summed E-state index contributed by atoms with van der Waals surface area (Å²) in [7, 11) is 0. The van der Waals surface area contributed by atoms with Gasteiger partial charge in [-0.15, -0.1) is 0 Å². The number of carbonyl (C=O) groups excluding carboxylic acids is 1. The van der Waals surface area contributed by atoms with Crippen LogP contribution in [0.1, 0.15) is 19.3 Å². The van der Waals surface area contributed by atoms with Crippen molar-refractivity contribution in [3.8, 4) is 0 Å². The summed E-state index contributed by atoms with van der Waals surface area (Å²) in [5.74, 6) is 0.0186. The van der Waals surface area contributed by atoms with E-state index in [1.54, 1.807) is 6.08 Å². The van der Waals surface area contributed by atoms with Gasteiger partial charge in [-0.1, -0.05) is 18.2 Å². The maximum Gasteiger partial charge on any atom is 0.193 e. The van der Waals surface area contributed by atoms with Gasteiger partial charge < -0.3 is 0 Å². The molecule has 0 aromatic heterocycles. The molecule has 0 N–H and O–H groups in total. The van der Waals surface area contributed by atoms with Crippen LogP contribution in [-0.2, 0) is 4.79 Å². The summed E-state index contributed by atoms with van der Waals surface area (Å²) >= 11 is 0. The first-order chi connectivity index (χ1) is 5.79. The van der Waals surface area contributed by atoms with Crippen LogP contribution in [0.25, 0.3) is 0 Å². The summed E-state index contributed by atoms with van der Waals surface area (Å²) in [4.78, 5) is 11.3. The third-order valence-corrected chi connectivity index (χ3v) is 2.61. The Morgan fingerprint density at radius 1 is 1.42 bits per heavy atom. The van der Waals surface area contributed by atoms with E-state index in [1.807, 2.05) is 12.2 Å². The summed E-state index contributed by atoms with van der Waals surface area (Å²) in [6.07, 6.45) is 6.56. The first-order valence-electron chi connectivity index (χ1n) is 4.34. The second kappa shape index (κ2) is 2.85. The summed E-state index contributed by atoms with van der Waals surface area (Å²) < 4.78 is 12.9. The molecular weight excluding hydrogens is 155 g/mol. The van der Waals surface area contributed by atoms with Gasteiger partial charge in [-0.05, 0) is 25.2 Å². The molecule has 2 heteroatoms. The summed E-state index contributed by atoms with van der Waals surface area (Å²) in [6.45, 7) is 0. The van der Waals surface area contributed by atoms with E-state index in [0.29, 0.717) is 17.9 Å². The van der Waals surface area contributed by atoms with Crippen molar-refractivity contribution in [2.24, 2.45) is 5.92 Å². The van der Waals surface area contributed by atoms with Gasteiger partial charge in [0.15, 0.2) is 12.0 Å². The van der Waals surface area contributed by atoms with Crippen molar-refractivity contribution in [3.05, 3.63) is 23.8 Å². The van der Waals surface area contributed by atoms with E-state index in [2.05, 4.69) is 0 Å². The Hall–Kier alpha value is -0.920. The third kappa shape index (κ3) is 1.11. The predicted molar refractivity (Wildman–Crippen MR) is 44.5 cm³/mol. The van der Waals surface area contributed by atoms with Crippen LogP contribution >= 0.6 is 0 Å².